The molecule has 1 aromatic carbocycles. The number of benzene rings is 1. The van der Waals surface area contributed by atoms with Crippen LogP contribution in [0, 0.1) is 5.82 Å². The summed E-state index contributed by atoms with van der Waals surface area (Å²) in [5.41, 5.74) is -0.233. The summed E-state index contributed by atoms with van der Waals surface area (Å²) < 4.78 is 57.4. The molecule has 0 aliphatic rings. The number of aromatic nitrogens is 2. The van der Waals surface area contributed by atoms with Crippen LogP contribution in [0.2, 0.25) is 5.15 Å². The number of hydrogen-bond acceptors (Lipinski definition) is 4. The van der Waals surface area contributed by atoms with E-state index in [1.807, 2.05) is 0 Å². The molecular formula is C16H14ClF4N3O2. The summed E-state index contributed by atoms with van der Waals surface area (Å²) in [5.74, 6) is -2.16. The minimum Gasteiger partial charge on any atom is -0.449 e. The van der Waals surface area contributed by atoms with Crippen LogP contribution >= 0.6 is 11.6 Å². The van der Waals surface area contributed by atoms with E-state index in [2.05, 4.69) is 9.97 Å². The molecule has 0 radical (unpaired) electrons. The second kappa shape index (κ2) is 7.86. The van der Waals surface area contributed by atoms with Gasteiger partial charge in [0, 0.05) is 11.6 Å². The summed E-state index contributed by atoms with van der Waals surface area (Å²) in [6.07, 6.45) is -2.17. The van der Waals surface area contributed by atoms with E-state index in [0.717, 1.165) is 12.1 Å². The number of halogens is 5. The van der Waals surface area contributed by atoms with Gasteiger partial charge in [0.25, 0.3) is 5.91 Å². The Bertz CT molecular complexity index is 799. The zero-order valence-electron chi connectivity index (χ0n) is 13.7. The molecule has 0 saturated carbocycles. The Morgan fingerprint density at radius 3 is 2.54 bits per heavy atom. The molecule has 0 unspecified atom stereocenters. The van der Waals surface area contributed by atoms with Gasteiger partial charge in [-0.3, -0.25) is 4.79 Å². The van der Waals surface area contributed by atoms with Crippen molar-refractivity contribution in [1.82, 2.24) is 14.9 Å². The lowest BCUT2D eigenvalue weighted by Crippen LogP contribution is -2.43. The maximum atomic E-state index is 14.2. The van der Waals surface area contributed by atoms with Crippen molar-refractivity contribution in [3.05, 3.63) is 47.3 Å². The zero-order valence-corrected chi connectivity index (χ0v) is 14.5. The Morgan fingerprint density at radius 1 is 1.31 bits per heavy atom. The van der Waals surface area contributed by atoms with Gasteiger partial charge in [0.05, 0.1) is 6.20 Å². The molecule has 2 rings (SSSR count). The van der Waals surface area contributed by atoms with Crippen LogP contribution in [0.5, 0.6) is 11.5 Å². The van der Waals surface area contributed by atoms with Crippen molar-refractivity contribution in [2.24, 2.45) is 0 Å². The summed E-state index contributed by atoms with van der Waals surface area (Å²) in [5, 5.41) is -0.0456. The fourth-order valence-electron chi connectivity index (χ4n) is 2.05. The van der Waals surface area contributed by atoms with E-state index in [1.165, 1.54) is 32.4 Å². The minimum absolute atomic E-state index is 0.00646. The Balaban J connectivity index is 2.25. The summed E-state index contributed by atoms with van der Waals surface area (Å²) in [6.45, 7) is 1.45. The molecule has 10 heteroatoms. The SMILES string of the molecule is CC(C)N(CC(F)(F)F)C(=O)c1ccc(Oc2cncnc2Cl)c(F)c1. The van der Waals surface area contributed by atoms with E-state index in [4.69, 9.17) is 16.3 Å². The van der Waals surface area contributed by atoms with Gasteiger partial charge in [0.2, 0.25) is 0 Å². The van der Waals surface area contributed by atoms with Gasteiger partial charge in [0.15, 0.2) is 22.5 Å². The third kappa shape index (κ3) is 5.04. The number of amides is 1. The van der Waals surface area contributed by atoms with Crippen LogP contribution in [0.15, 0.2) is 30.7 Å². The van der Waals surface area contributed by atoms with E-state index < -0.39 is 30.5 Å². The maximum absolute atomic E-state index is 14.2. The first-order valence-electron chi connectivity index (χ1n) is 7.39. The molecule has 0 aliphatic heterocycles. The molecule has 0 spiro atoms. The van der Waals surface area contributed by atoms with E-state index in [9.17, 15) is 22.4 Å². The van der Waals surface area contributed by atoms with Crippen LogP contribution in [0.4, 0.5) is 17.6 Å². The molecule has 0 N–H and O–H groups in total. The second-order valence-corrected chi connectivity index (χ2v) is 5.93. The standard InChI is InChI=1S/C16H14ClF4N3O2/c1-9(2)24(7-16(19,20)21)15(25)10-3-4-12(11(18)5-10)26-13-6-22-8-23-14(13)17/h3-6,8-9H,7H2,1-2H3. The smallest absolute Gasteiger partial charge is 0.406 e. The molecule has 2 aromatic rings. The van der Waals surface area contributed by atoms with Crippen LogP contribution in [0.1, 0.15) is 24.2 Å². The highest BCUT2D eigenvalue weighted by Gasteiger charge is 2.34. The first-order chi connectivity index (χ1) is 12.1. The third-order valence-corrected chi connectivity index (χ3v) is 3.55. The molecular weight excluding hydrogens is 378 g/mol. The van der Waals surface area contributed by atoms with Gasteiger partial charge in [-0.25, -0.2) is 14.4 Å². The van der Waals surface area contributed by atoms with Crippen molar-refractivity contribution in [2.75, 3.05) is 6.54 Å². The minimum atomic E-state index is -4.56. The van der Waals surface area contributed by atoms with Crippen LogP contribution in [0.25, 0.3) is 0 Å². The molecule has 0 bridgehead atoms. The van der Waals surface area contributed by atoms with Crippen LogP contribution in [0.3, 0.4) is 0 Å². The van der Waals surface area contributed by atoms with Gasteiger partial charge in [-0.1, -0.05) is 11.6 Å². The van der Waals surface area contributed by atoms with Crippen molar-refractivity contribution in [2.45, 2.75) is 26.1 Å². The molecule has 0 aliphatic carbocycles. The lowest BCUT2D eigenvalue weighted by molar-refractivity contribution is -0.143. The van der Waals surface area contributed by atoms with E-state index in [-0.39, 0.29) is 22.2 Å². The highest BCUT2D eigenvalue weighted by atomic mass is 35.5. The van der Waals surface area contributed by atoms with Gasteiger partial charge in [-0.2, -0.15) is 13.2 Å². The average molecular weight is 392 g/mol. The Morgan fingerprint density at radius 2 is 2.00 bits per heavy atom. The summed E-state index contributed by atoms with van der Waals surface area (Å²) in [6, 6.07) is 2.38. The van der Waals surface area contributed by atoms with Gasteiger partial charge >= 0.3 is 6.18 Å². The van der Waals surface area contributed by atoms with Gasteiger partial charge in [0.1, 0.15) is 12.9 Å². The fraction of sp³-hybridized carbons (Fsp3) is 0.312. The molecule has 0 atom stereocenters. The van der Waals surface area contributed by atoms with E-state index in [0.29, 0.717) is 4.90 Å². The van der Waals surface area contributed by atoms with Crippen molar-refractivity contribution in [3.63, 3.8) is 0 Å². The second-order valence-electron chi connectivity index (χ2n) is 5.57. The number of carbonyl (C=O) groups is 1. The number of nitrogens with zero attached hydrogens (tertiary/aromatic N) is 3. The van der Waals surface area contributed by atoms with E-state index >= 15 is 0 Å². The summed E-state index contributed by atoms with van der Waals surface area (Å²) in [4.78, 5) is 20.3. The number of rotatable bonds is 5. The Hall–Kier alpha value is -2.42. The van der Waals surface area contributed by atoms with Crippen molar-refractivity contribution in [1.29, 1.82) is 0 Å². The van der Waals surface area contributed by atoms with Crippen LogP contribution in [-0.4, -0.2) is 39.5 Å². The van der Waals surface area contributed by atoms with Crippen molar-refractivity contribution in [3.8, 4) is 11.5 Å². The number of carbonyl (C=O) groups excluding carboxylic acids is 1. The quantitative estimate of drug-likeness (QED) is 0.557. The van der Waals surface area contributed by atoms with Crippen LogP contribution < -0.4 is 4.74 Å². The lowest BCUT2D eigenvalue weighted by atomic mass is 10.1. The first-order valence-corrected chi connectivity index (χ1v) is 7.77. The van der Waals surface area contributed by atoms with E-state index in [1.54, 1.807) is 0 Å². The van der Waals surface area contributed by atoms with Gasteiger partial charge in [-0.15, -0.1) is 0 Å². The molecule has 0 saturated heterocycles. The molecule has 1 amide bonds. The highest BCUT2D eigenvalue weighted by molar-refractivity contribution is 6.30. The molecule has 26 heavy (non-hydrogen) atoms. The lowest BCUT2D eigenvalue weighted by Gasteiger charge is -2.27. The monoisotopic (exact) mass is 391 g/mol. The van der Waals surface area contributed by atoms with Crippen molar-refractivity contribution >= 4 is 17.5 Å². The molecule has 0 fully saturated rings. The average Bonchev–Trinajstić information content (AvgIpc) is 2.54. The van der Waals surface area contributed by atoms with Crippen molar-refractivity contribution < 1.29 is 27.1 Å². The molecule has 5 nitrogen and oxygen atoms in total. The largest absolute Gasteiger partial charge is 0.449 e. The first kappa shape index (κ1) is 19.9. The third-order valence-electron chi connectivity index (χ3n) is 3.27. The zero-order chi connectivity index (χ0) is 19.5. The molecule has 140 valence electrons. The van der Waals surface area contributed by atoms with Gasteiger partial charge < -0.3 is 9.64 Å². The predicted molar refractivity (Wildman–Crippen MR) is 85.7 cm³/mol. The maximum Gasteiger partial charge on any atom is 0.406 e. The normalized spacial score (nSPS) is 11.5. The van der Waals surface area contributed by atoms with Crippen LogP contribution in [-0.2, 0) is 0 Å². The Kier molecular flexibility index (Phi) is 6.01. The Labute approximate surface area is 151 Å². The summed E-state index contributed by atoms with van der Waals surface area (Å²) in [7, 11) is 0. The fourth-order valence-corrected chi connectivity index (χ4v) is 2.18. The summed E-state index contributed by atoms with van der Waals surface area (Å²) >= 11 is 5.78. The number of hydrogen-bond donors (Lipinski definition) is 0. The number of ether oxygens (including phenoxy) is 1. The predicted octanol–water partition coefficient (Wildman–Crippen LogP) is 4.47. The van der Waals surface area contributed by atoms with Gasteiger partial charge in [-0.05, 0) is 32.0 Å². The topological polar surface area (TPSA) is 55.3 Å². The molecule has 1 heterocycles. The molecule has 1 aromatic heterocycles. The number of alkyl halides is 3. The highest BCUT2D eigenvalue weighted by Crippen LogP contribution is 2.29.